The Labute approximate surface area is 245 Å². The fourth-order valence-corrected chi connectivity index (χ4v) is 5.32. The number of halogens is 1. The molecule has 0 aliphatic heterocycles. The number of sulfonamides is 1. The standard InChI is InChI=1S/C30H36BrN3O5S/c1-5-39-27-17-15-26(16-18-27)34(40(4,37)38)21-29(35)33(20-24-11-13-25(31)14-12-24)28(30(36)32-22(2)3)19-23-9-7-6-8-10-23/h6-18,22,28H,5,19-21H2,1-4H3,(H,32,36). The lowest BCUT2D eigenvalue weighted by atomic mass is 10.0. The number of benzene rings is 3. The molecule has 3 aromatic carbocycles. The summed E-state index contributed by atoms with van der Waals surface area (Å²) in [4.78, 5) is 29.1. The van der Waals surface area contributed by atoms with Crippen molar-refractivity contribution in [2.75, 3.05) is 23.7 Å². The van der Waals surface area contributed by atoms with Crippen LogP contribution in [0.15, 0.2) is 83.3 Å². The molecule has 0 bridgehead atoms. The Balaban J connectivity index is 2.02. The predicted octanol–water partition coefficient (Wildman–Crippen LogP) is 4.78. The number of hydrogen-bond donors (Lipinski definition) is 1. The number of ether oxygens (including phenoxy) is 1. The molecule has 0 spiro atoms. The third kappa shape index (κ3) is 9.09. The van der Waals surface area contributed by atoms with Gasteiger partial charge in [-0.25, -0.2) is 8.42 Å². The fourth-order valence-electron chi connectivity index (χ4n) is 4.21. The summed E-state index contributed by atoms with van der Waals surface area (Å²) in [5.41, 5.74) is 2.01. The lowest BCUT2D eigenvalue weighted by Crippen LogP contribution is -2.54. The normalized spacial score (nSPS) is 12.1. The number of carbonyl (C=O) groups excluding carboxylic acids is 2. The number of rotatable bonds is 13. The summed E-state index contributed by atoms with van der Waals surface area (Å²) < 4.78 is 33.2. The molecule has 1 N–H and O–H groups in total. The highest BCUT2D eigenvalue weighted by atomic mass is 79.9. The molecule has 1 unspecified atom stereocenters. The summed E-state index contributed by atoms with van der Waals surface area (Å²) in [5.74, 6) is -0.213. The van der Waals surface area contributed by atoms with E-state index >= 15 is 0 Å². The molecule has 10 heteroatoms. The quantitative estimate of drug-likeness (QED) is 0.294. The second kappa shape index (κ2) is 14.3. The van der Waals surface area contributed by atoms with Gasteiger partial charge in [0, 0.05) is 23.5 Å². The van der Waals surface area contributed by atoms with E-state index in [9.17, 15) is 18.0 Å². The van der Waals surface area contributed by atoms with Crippen molar-refractivity contribution in [1.82, 2.24) is 10.2 Å². The molecule has 3 aromatic rings. The first-order valence-corrected chi connectivity index (χ1v) is 15.7. The minimum absolute atomic E-state index is 0.121. The van der Waals surface area contributed by atoms with Gasteiger partial charge in [0.05, 0.1) is 18.6 Å². The molecule has 0 radical (unpaired) electrons. The Hall–Kier alpha value is -3.37. The molecule has 214 valence electrons. The Bertz CT molecular complexity index is 1360. The van der Waals surface area contributed by atoms with Crippen molar-refractivity contribution < 1.29 is 22.7 Å². The molecule has 3 rings (SSSR count). The van der Waals surface area contributed by atoms with E-state index in [0.29, 0.717) is 18.0 Å². The average Bonchev–Trinajstić information content (AvgIpc) is 2.90. The van der Waals surface area contributed by atoms with E-state index in [1.54, 1.807) is 24.3 Å². The molecule has 0 aromatic heterocycles. The van der Waals surface area contributed by atoms with Gasteiger partial charge in [-0.15, -0.1) is 0 Å². The highest BCUT2D eigenvalue weighted by Gasteiger charge is 2.33. The molecule has 1 atom stereocenters. The third-order valence-corrected chi connectivity index (χ3v) is 7.75. The van der Waals surface area contributed by atoms with E-state index in [1.807, 2.05) is 75.4 Å². The maximum Gasteiger partial charge on any atom is 0.244 e. The minimum Gasteiger partial charge on any atom is -0.494 e. The number of nitrogens with one attached hydrogen (secondary N) is 1. The van der Waals surface area contributed by atoms with Crippen molar-refractivity contribution in [3.63, 3.8) is 0 Å². The fraction of sp³-hybridized carbons (Fsp3) is 0.333. The Morgan fingerprint density at radius 1 is 0.925 bits per heavy atom. The minimum atomic E-state index is -3.84. The van der Waals surface area contributed by atoms with Crippen molar-refractivity contribution in [2.24, 2.45) is 0 Å². The summed E-state index contributed by atoms with van der Waals surface area (Å²) in [5, 5.41) is 2.94. The van der Waals surface area contributed by atoms with Crippen LogP contribution in [0.5, 0.6) is 5.75 Å². The molecule has 0 fully saturated rings. The van der Waals surface area contributed by atoms with Gasteiger partial charge in [-0.1, -0.05) is 58.4 Å². The second-order valence-corrected chi connectivity index (χ2v) is 12.5. The second-order valence-electron chi connectivity index (χ2n) is 9.71. The van der Waals surface area contributed by atoms with Crippen LogP contribution in [0.1, 0.15) is 31.9 Å². The van der Waals surface area contributed by atoms with Crippen LogP contribution in [0.3, 0.4) is 0 Å². The molecule has 40 heavy (non-hydrogen) atoms. The number of anilines is 1. The van der Waals surface area contributed by atoms with Crippen LogP contribution in [-0.2, 0) is 32.6 Å². The van der Waals surface area contributed by atoms with Crippen LogP contribution >= 0.6 is 15.9 Å². The van der Waals surface area contributed by atoms with Gasteiger partial charge in [0.1, 0.15) is 18.3 Å². The average molecular weight is 631 g/mol. The highest BCUT2D eigenvalue weighted by molar-refractivity contribution is 9.10. The molecule has 2 amide bonds. The summed E-state index contributed by atoms with van der Waals surface area (Å²) in [6.07, 6.45) is 1.33. The number of nitrogens with zero attached hydrogens (tertiary/aromatic N) is 2. The lowest BCUT2D eigenvalue weighted by Gasteiger charge is -2.34. The zero-order chi connectivity index (χ0) is 29.3. The van der Waals surface area contributed by atoms with Crippen molar-refractivity contribution in [2.45, 2.75) is 45.8 Å². The van der Waals surface area contributed by atoms with Crippen molar-refractivity contribution in [1.29, 1.82) is 0 Å². The van der Waals surface area contributed by atoms with E-state index in [0.717, 1.165) is 26.2 Å². The van der Waals surface area contributed by atoms with Gasteiger partial charge in [-0.05, 0) is 68.3 Å². The van der Waals surface area contributed by atoms with E-state index in [-0.39, 0.29) is 24.9 Å². The maximum absolute atomic E-state index is 14.0. The SMILES string of the molecule is CCOc1ccc(N(CC(=O)N(Cc2ccc(Br)cc2)C(Cc2ccccc2)C(=O)NC(C)C)S(C)(=O)=O)cc1. The Morgan fingerprint density at radius 2 is 1.55 bits per heavy atom. The first-order valence-electron chi connectivity index (χ1n) is 13.1. The van der Waals surface area contributed by atoms with Gasteiger partial charge in [-0.3, -0.25) is 13.9 Å². The molecule has 0 saturated heterocycles. The zero-order valence-corrected chi connectivity index (χ0v) is 25.6. The number of carbonyl (C=O) groups is 2. The van der Waals surface area contributed by atoms with Crippen LogP contribution in [0.4, 0.5) is 5.69 Å². The smallest absolute Gasteiger partial charge is 0.244 e. The largest absolute Gasteiger partial charge is 0.494 e. The van der Waals surface area contributed by atoms with E-state index < -0.39 is 28.5 Å². The molecule has 8 nitrogen and oxygen atoms in total. The van der Waals surface area contributed by atoms with Crippen LogP contribution < -0.4 is 14.4 Å². The van der Waals surface area contributed by atoms with Crippen LogP contribution in [0, 0.1) is 0 Å². The van der Waals surface area contributed by atoms with E-state index in [2.05, 4.69) is 21.2 Å². The van der Waals surface area contributed by atoms with E-state index in [4.69, 9.17) is 4.74 Å². The first kappa shape index (κ1) is 31.2. The molecular formula is C30H36BrN3O5S. The molecular weight excluding hydrogens is 594 g/mol. The van der Waals surface area contributed by atoms with Gasteiger partial charge >= 0.3 is 0 Å². The van der Waals surface area contributed by atoms with Gasteiger partial charge < -0.3 is 15.0 Å². The Morgan fingerprint density at radius 3 is 2.10 bits per heavy atom. The van der Waals surface area contributed by atoms with Crippen molar-refractivity contribution in [3.05, 3.63) is 94.5 Å². The molecule has 0 aliphatic carbocycles. The first-order chi connectivity index (χ1) is 19.0. The maximum atomic E-state index is 14.0. The topological polar surface area (TPSA) is 96.0 Å². The molecule has 0 heterocycles. The van der Waals surface area contributed by atoms with Gasteiger partial charge in [0.2, 0.25) is 21.8 Å². The van der Waals surface area contributed by atoms with Crippen LogP contribution in [0.25, 0.3) is 0 Å². The monoisotopic (exact) mass is 629 g/mol. The zero-order valence-electron chi connectivity index (χ0n) is 23.2. The van der Waals surface area contributed by atoms with Crippen LogP contribution in [-0.4, -0.2) is 56.6 Å². The summed E-state index contributed by atoms with van der Waals surface area (Å²) in [6.45, 7) is 5.70. The van der Waals surface area contributed by atoms with Crippen molar-refractivity contribution in [3.8, 4) is 5.75 Å². The molecule has 0 aliphatic rings. The summed E-state index contributed by atoms with van der Waals surface area (Å²) in [7, 11) is -3.84. The Kier molecular flexibility index (Phi) is 11.2. The molecule has 0 saturated carbocycles. The van der Waals surface area contributed by atoms with Gasteiger partial charge in [-0.2, -0.15) is 0 Å². The lowest BCUT2D eigenvalue weighted by molar-refractivity contribution is -0.140. The summed E-state index contributed by atoms with van der Waals surface area (Å²) in [6, 6.07) is 22.4. The number of hydrogen-bond acceptors (Lipinski definition) is 5. The number of amides is 2. The third-order valence-electron chi connectivity index (χ3n) is 6.08. The highest BCUT2D eigenvalue weighted by Crippen LogP contribution is 2.23. The predicted molar refractivity (Wildman–Crippen MR) is 162 cm³/mol. The van der Waals surface area contributed by atoms with E-state index in [1.165, 1.54) is 4.90 Å². The van der Waals surface area contributed by atoms with Crippen LogP contribution in [0.2, 0.25) is 0 Å². The van der Waals surface area contributed by atoms with Crippen molar-refractivity contribution >= 4 is 43.5 Å². The van der Waals surface area contributed by atoms with Gasteiger partial charge in [0.15, 0.2) is 0 Å². The van der Waals surface area contributed by atoms with Gasteiger partial charge in [0.25, 0.3) is 0 Å². The summed E-state index contributed by atoms with van der Waals surface area (Å²) >= 11 is 3.43.